The summed E-state index contributed by atoms with van der Waals surface area (Å²) in [5.74, 6) is -0.305. The summed E-state index contributed by atoms with van der Waals surface area (Å²) in [6, 6.07) is 17.1. The highest BCUT2D eigenvalue weighted by Crippen LogP contribution is 2.37. The predicted octanol–water partition coefficient (Wildman–Crippen LogP) is 3.22. The highest BCUT2D eigenvalue weighted by molar-refractivity contribution is 5.38. The standard InChI is InChI=1S/C24H28N2O4/c1-16(2)24(29,20-12-10-17(3)11-13-20)21-18(4)22(27)25-23(28)26(21)15-30-14-19-8-6-5-7-9-19/h5-13,16,29H,14-15H2,1-4H3,(H,25,27,28). The van der Waals surface area contributed by atoms with Gasteiger partial charge in [-0.3, -0.25) is 14.3 Å². The number of H-pyrrole nitrogens is 1. The number of hydrogen-bond donors (Lipinski definition) is 2. The number of benzene rings is 2. The lowest BCUT2D eigenvalue weighted by molar-refractivity contribution is 0.00449. The molecule has 3 rings (SSSR count). The zero-order chi connectivity index (χ0) is 21.9. The number of ether oxygens (including phenoxy) is 1. The molecule has 0 radical (unpaired) electrons. The number of nitrogens with zero attached hydrogens (tertiary/aromatic N) is 1. The first kappa shape index (κ1) is 21.7. The third kappa shape index (κ3) is 4.15. The van der Waals surface area contributed by atoms with Crippen molar-refractivity contribution >= 4 is 0 Å². The lowest BCUT2D eigenvalue weighted by atomic mass is 9.78. The molecule has 6 heteroatoms. The Morgan fingerprint density at radius 1 is 1.03 bits per heavy atom. The summed E-state index contributed by atoms with van der Waals surface area (Å²) in [4.78, 5) is 27.5. The molecule has 158 valence electrons. The van der Waals surface area contributed by atoms with Gasteiger partial charge in [0.2, 0.25) is 0 Å². The molecular formula is C24H28N2O4. The van der Waals surface area contributed by atoms with Gasteiger partial charge in [-0.25, -0.2) is 4.79 Å². The molecule has 3 aromatic rings. The number of hydrogen-bond acceptors (Lipinski definition) is 4. The van der Waals surface area contributed by atoms with Gasteiger partial charge in [0, 0.05) is 5.56 Å². The highest BCUT2D eigenvalue weighted by atomic mass is 16.5. The van der Waals surface area contributed by atoms with Crippen LogP contribution >= 0.6 is 0 Å². The van der Waals surface area contributed by atoms with Crippen molar-refractivity contribution in [3.05, 3.63) is 103 Å². The largest absolute Gasteiger partial charge is 0.379 e. The number of nitrogens with one attached hydrogen (secondary N) is 1. The van der Waals surface area contributed by atoms with Gasteiger partial charge in [0.1, 0.15) is 12.3 Å². The van der Waals surface area contributed by atoms with Crippen LogP contribution in [0, 0.1) is 19.8 Å². The monoisotopic (exact) mass is 408 g/mol. The van der Waals surface area contributed by atoms with E-state index in [1.807, 2.05) is 75.4 Å². The second kappa shape index (κ2) is 8.81. The zero-order valence-electron chi connectivity index (χ0n) is 17.8. The van der Waals surface area contributed by atoms with Crippen molar-refractivity contribution in [2.24, 2.45) is 5.92 Å². The maximum absolute atomic E-state index is 12.7. The number of aliphatic hydroxyl groups is 1. The summed E-state index contributed by atoms with van der Waals surface area (Å²) in [5, 5.41) is 11.9. The number of aromatic amines is 1. The molecule has 1 aromatic heterocycles. The summed E-state index contributed by atoms with van der Waals surface area (Å²) in [6.45, 7) is 7.50. The minimum absolute atomic E-state index is 0.0957. The van der Waals surface area contributed by atoms with Crippen LogP contribution in [0.1, 0.15) is 41.8 Å². The van der Waals surface area contributed by atoms with Crippen LogP contribution in [0.4, 0.5) is 0 Å². The fraction of sp³-hybridized carbons (Fsp3) is 0.333. The first-order valence-corrected chi connectivity index (χ1v) is 10.0. The molecule has 1 atom stereocenters. The van der Waals surface area contributed by atoms with Gasteiger partial charge in [-0.05, 0) is 30.9 Å². The van der Waals surface area contributed by atoms with Gasteiger partial charge in [-0.15, -0.1) is 0 Å². The third-order valence-corrected chi connectivity index (χ3v) is 5.45. The quantitative estimate of drug-likeness (QED) is 0.629. The number of rotatable bonds is 7. The van der Waals surface area contributed by atoms with E-state index in [2.05, 4.69) is 4.98 Å². The summed E-state index contributed by atoms with van der Waals surface area (Å²) in [7, 11) is 0. The Hall–Kier alpha value is -2.96. The molecule has 0 aliphatic heterocycles. The first-order chi connectivity index (χ1) is 14.2. The second-order valence-electron chi connectivity index (χ2n) is 7.91. The number of aryl methyl sites for hydroxylation is 1. The molecule has 0 fully saturated rings. The maximum atomic E-state index is 12.7. The van der Waals surface area contributed by atoms with E-state index in [0.717, 1.165) is 11.1 Å². The Morgan fingerprint density at radius 2 is 1.67 bits per heavy atom. The van der Waals surface area contributed by atoms with E-state index < -0.39 is 16.9 Å². The lowest BCUT2D eigenvalue weighted by Gasteiger charge is -2.36. The zero-order valence-corrected chi connectivity index (χ0v) is 17.8. The van der Waals surface area contributed by atoms with Crippen LogP contribution in [0.3, 0.4) is 0 Å². The van der Waals surface area contributed by atoms with Gasteiger partial charge in [-0.2, -0.15) is 0 Å². The molecule has 6 nitrogen and oxygen atoms in total. The van der Waals surface area contributed by atoms with E-state index in [1.165, 1.54) is 4.57 Å². The molecule has 0 saturated carbocycles. The Balaban J connectivity index is 2.10. The van der Waals surface area contributed by atoms with Crippen LogP contribution in [0.15, 0.2) is 64.2 Å². The molecule has 1 heterocycles. The van der Waals surface area contributed by atoms with E-state index in [9.17, 15) is 14.7 Å². The highest BCUT2D eigenvalue weighted by Gasteiger charge is 2.40. The van der Waals surface area contributed by atoms with Crippen molar-refractivity contribution in [1.82, 2.24) is 9.55 Å². The second-order valence-corrected chi connectivity index (χ2v) is 7.91. The average molecular weight is 408 g/mol. The van der Waals surface area contributed by atoms with Gasteiger partial charge < -0.3 is 9.84 Å². The molecule has 0 bridgehead atoms. The van der Waals surface area contributed by atoms with Gasteiger partial charge in [0.05, 0.1) is 12.3 Å². The fourth-order valence-electron chi connectivity index (χ4n) is 3.66. The van der Waals surface area contributed by atoms with Crippen LogP contribution in [-0.2, 0) is 23.7 Å². The van der Waals surface area contributed by atoms with Gasteiger partial charge in [0.25, 0.3) is 5.56 Å². The van der Waals surface area contributed by atoms with Crippen LogP contribution in [0.2, 0.25) is 0 Å². The topological polar surface area (TPSA) is 84.3 Å². The SMILES string of the molecule is Cc1ccc(C(O)(c2c(C)c(=O)[nH]c(=O)n2COCc2ccccc2)C(C)C)cc1. The average Bonchev–Trinajstić information content (AvgIpc) is 2.72. The molecule has 2 N–H and O–H groups in total. The van der Waals surface area contributed by atoms with E-state index in [4.69, 9.17) is 4.74 Å². The Kier molecular flexibility index (Phi) is 6.39. The Morgan fingerprint density at radius 3 is 2.27 bits per heavy atom. The smallest absolute Gasteiger partial charge is 0.330 e. The normalized spacial score (nSPS) is 13.4. The molecule has 30 heavy (non-hydrogen) atoms. The minimum Gasteiger partial charge on any atom is -0.379 e. The van der Waals surface area contributed by atoms with Crippen LogP contribution in [-0.4, -0.2) is 14.7 Å². The summed E-state index contributed by atoms with van der Waals surface area (Å²) < 4.78 is 7.10. The van der Waals surface area contributed by atoms with E-state index in [-0.39, 0.29) is 23.9 Å². The Bertz CT molecular complexity index is 1110. The van der Waals surface area contributed by atoms with Crippen LogP contribution in [0.5, 0.6) is 0 Å². The van der Waals surface area contributed by atoms with Crippen molar-refractivity contribution in [2.75, 3.05) is 0 Å². The maximum Gasteiger partial charge on any atom is 0.330 e. The minimum atomic E-state index is -1.54. The van der Waals surface area contributed by atoms with Gasteiger partial charge >= 0.3 is 5.69 Å². The summed E-state index contributed by atoms with van der Waals surface area (Å²) in [5.41, 5.74) is 0.509. The number of aromatic nitrogens is 2. The molecule has 1 unspecified atom stereocenters. The molecule has 0 saturated heterocycles. The van der Waals surface area contributed by atoms with Gasteiger partial charge in [-0.1, -0.05) is 74.0 Å². The fourth-order valence-corrected chi connectivity index (χ4v) is 3.66. The lowest BCUT2D eigenvalue weighted by Crippen LogP contribution is -2.45. The Labute approximate surface area is 175 Å². The van der Waals surface area contributed by atoms with Crippen molar-refractivity contribution in [2.45, 2.75) is 46.6 Å². The third-order valence-electron chi connectivity index (χ3n) is 5.45. The molecule has 0 amide bonds. The van der Waals surface area contributed by atoms with E-state index in [1.54, 1.807) is 6.92 Å². The summed E-state index contributed by atoms with van der Waals surface area (Å²) >= 11 is 0. The van der Waals surface area contributed by atoms with E-state index >= 15 is 0 Å². The molecule has 0 aliphatic rings. The van der Waals surface area contributed by atoms with Crippen molar-refractivity contribution in [3.8, 4) is 0 Å². The van der Waals surface area contributed by atoms with Crippen LogP contribution in [0.25, 0.3) is 0 Å². The molecule has 0 aliphatic carbocycles. The van der Waals surface area contributed by atoms with Crippen molar-refractivity contribution < 1.29 is 9.84 Å². The first-order valence-electron chi connectivity index (χ1n) is 10.0. The van der Waals surface area contributed by atoms with Crippen molar-refractivity contribution in [3.63, 3.8) is 0 Å². The van der Waals surface area contributed by atoms with Crippen LogP contribution < -0.4 is 11.2 Å². The van der Waals surface area contributed by atoms with Crippen molar-refractivity contribution in [1.29, 1.82) is 0 Å². The molecule has 0 spiro atoms. The van der Waals surface area contributed by atoms with E-state index in [0.29, 0.717) is 12.2 Å². The molecule has 2 aromatic carbocycles. The molecular weight excluding hydrogens is 380 g/mol. The summed E-state index contributed by atoms with van der Waals surface area (Å²) in [6.07, 6.45) is 0. The van der Waals surface area contributed by atoms with Gasteiger partial charge in [0.15, 0.2) is 0 Å². The predicted molar refractivity (Wildman–Crippen MR) is 116 cm³/mol.